The highest BCUT2D eigenvalue weighted by molar-refractivity contribution is 6.27. The molecule has 4 N–H and O–H groups in total. The van der Waals surface area contributed by atoms with E-state index in [9.17, 15) is 33.6 Å². The Bertz CT molecular complexity index is 2750. The van der Waals surface area contributed by atoms with Gasteiger partial charge in [-0.05, 0) is 87.8 Å². The Morgan fingerprint density at radius 3 is 2.25 bits per heavy atom. The van der Waals surface area contributed by atoms with E-state index in [1.54, 1.807) is 54.6 Å². The molecule has 0 saturated carbocycles. The van der Waals surface area contributed by atoms with Crippen LogP contribution in [0.3, 0.4) is 0 Å². The molecule has 68 heavy (non-hydrogen) atoms. The standard InChI is InChI=1S/C50H54N8O10/c1-50(2)43-38(29-57(50)41(60)26-34(28-56(3)4)30-9-6-5-7-10-30)44(55-54-43)53-46(62)32-15-13-31(14-16-32)45(61)51-19-20-66-21-22-67-23-24-68-35-25-33-11-8-12-36-42(33)37(27-35)49(65)58(48(36)64)39-17-18-40(59)52-47(39)63/h5-16,25,27,34,39H,17-24,26,28-29H2,1-4H3,(H,51,61)(H,52,59,63)(H2,53,54,55,62)/t34-,39?/m1/s1. The van der Waals surface area contributed by atoms with Crippen LogP contribution >= 0.6 is 0 Å². The number of aromatic amines is 1. The van der Waals surface area contributed by atoms with Crippen LogP contribution in [0, 0.1) is 0 Å². The number of fused-ring (bicyclic) bond motifs is 1. The van der Waals surface area contributed by atoms with Crippen LogP contribution in [0.2, 0.25) is 0 Å². The Kier molecular flexibility index (Phi) is 14.1. The molecule has 1 fully saturated rings. The van der Waals surface area contributed by atoms with E-state index in [-0.39, 0.29) is 75.7 Å². The molecule has 3 aliphatic rings. The smallest absolute Gasteiger partial charge is 0.262 e. The maximum atomic E-state index is 13.8. The number of H-pyrrole nitrogens is 1. The first-order valence-electron chi connectivity index (χ1n) is 22.6. The van der Waals surface area contributed by atoms with Gasteiger partial charge in [0.2, 0.25) is 17.7 Å². The van der Waals surface area contributed by atoms with Crippen molar-refractivity contribution in [2.24, 2.45) is 0 Å². The summed E-state index contributed by atoms with van der Waals surface area (Å²) in [6, 6.07) is 23.6. The monoisotopic (exact) mass is 926 g/mol. The number of imide groups is 2. The first-order valence-corrected chi connectivity index (χ1v) is 22.6. The molecule has 1 saturated heterocycles. The van der Waals surface area contributed by atoms with Crippen LogP contribution in [-0.2, 0) is 35.9 Å². The zero-order valence-corrected chi connectivity index (χ0v) is 38.4. The Hall–Kier alpha value is -7.28. The minimum absolute atomic E-state index is 0.00974. The summed E-state index contributed by atoms with van der Waals surface area (Å²) >= 11 is 0. The van der Waals surface area contributed by atoms with Gasteiger partial charge in [-0.3, -0.25) is 48.9 Å². The molecule has 0 radical (unpaired) electrons. The third-order valence-corrected chi connectivity index (χ3v) is 12.5. The van der Waals surface area contributed by atoms with Crippen molar-refractivity contribution in [2.75, 3.05) is 65.5 Å². The molecular weight excluding hydrogens is 873 g/mol. The molecule has 0 aliphatic carbocycles. The lowest BCUT2D eigenvalue weighted by Gasteiger charge is -2.34. The number of anilines is 1. The van der Waals surface area contributed by atoms with Crippen molar-refractivity contribution >= 4 is 57.9 Å². The van der Waals surface area contributed by atoms with Crippen molar-refractivity contribution in [2.45, 2.75) is 57.2 Å². The second-order valence-electron chi connectivity index (χ2n) is 17.7. The van der Waals surface area contributed by atoms with E-state index >= 15 is 0 Å². The van der Waals surface area contributed by atoms with E-state index in [0.29, 0.717) is 52.0 Å². The SMILES string of the molecule is CN(C)C[C@@H](CC(=O)N1Cc2c(NC(=O)c3ccc(C(=O)NCCOCCOCCOc4cc5c6c(cccc6c4)C(=O)N(C4CCC(=O)NC4=O)C5=O)cc3)n[nH]c2C1(C)C)c1ccccc1. The van der Waals surface area contributed by atoms with Crippen LogP contribution in [0.1, 0.15) is 97.3 Å². The molecule has 4 heterocycles. The van der Waals surface area contributed by atoms with Crippen LogP contribution in [0.4, 0.5) is 5.82 Å². The minimum atomic E-state index is -1.09. The molecule has 1 unspecified atom stereocenters. The molecule has 1 aromatic heterocycles. The van der Waals surface area contributed by atoms with Crippen LogP contribution in [0.25, 0.3) is 10.8 Å². The molecule has 18 nitrogen and oxygen atoms in total. The average Bonchev–Trinajstić information content (AvgIpc) is 3.85. The van der Waals surface area contributed by atoms with Crippen molar-refractivity contribution in [1.29, 1.82) is 0 Å². The average molecular weight is 927 g/mol. The number of benzene rings is 4. The Labute approximate surface area is 392 Å². The zero-order chi connectivity index (χ0) is 48.1. The number of piperidine rings is 1. The second kappa shape index (κ2) is 20.3. The molecule has 18 heteroatoms. The fourth-order valence-electron chi connectivity index (χ4n) is 9.02. The molecular formula is C50H54N8O10. The van der Waals surface area contributed by atoms with Gasteiger partial charge in [-0.25, -0.2) is 0 Å². The predicted molar refractivity (Wildman–Crippen MR) is 249 cm³/mol. The fraction of sp³-hybridized carbons (Fsp3) is 0.360. The molecule has 4 aromatic carbocycles. The van der Waals surface area contributed by atoms with Crippen molar-refractivity contribution in [3.05, 3.63) is 124 Å². The Morgan fingerprint density at radius 2 is 1.53 bits per heavy atom. The summed E-state index contributed by atoms with van der Waals surface area (Å²) in [6.07, 6.45) is 0.404. The van der Waals surface area contributed by atoms with Gasteiger partial charge < -0.3 is 34.6 Å². The molecule has 0 bridgehead atoms. The highest BCUT2D eigenvalue weighted by Gasteiger charge is 2.45. The number of hydrogen-bond donors (Lipinski definition) is 4. The highest BCUT2D eigenvalue weighted by Crippen LogP contribution is 2.42. The third kappa shape index (κ3) is 10.0. The number of amides is 7. The summed E-state index contributed by atoms with van der Waals surface area (Å²) < 4.78 is 17.1. The van der Waals surface area contributed by atoms with Gasteiger partial charge >= 0.3 is 0 Å². The number of carbonyl (C=O) groups excluding carboxylic acids is 7. The molecule has 7 amide bonds. The number of hydrogen-bond acceptors (Lipinski definition) is 12. The molecule has 5 aromatic rings. The predicted octanol–water partition coefficient (Wildman–Crippen LogP) is 4.37. The first-order chi connectivity index (χ1) is 32.7. The van der Waals surface area contributed by atoms with Gasteiger partial charge in [0.25, 0.3) is 23.6 Å². The fourth-order valence-corrected chi connectivity index (χ4v) is 9.02. The van der Waals surface area contributed by atoms with Crippen LogP contribution in [0.15, 0.2) is 84.9 Å². The van der Waals surface area contributed by atoms with E-state index in [1.807, 2.05) is 51.0 Å². The number of likely N-dealkylation sites (N-methyl/N-ethyl adjacent to an activating group) is 1. The summed E-state index contributed by atoms with van der Waals surface area (Å²) in [6.45, 7) is 6.32. The molecule has 3 aliphatic heterocycles. The number of aromatic nitrogens is 2. The normalized spacial score (nSPS) is 16.8. The molecule has 2 atom stereocenters. The van der Waals surface area contributed by atoms with Gasteiger partial charge in [0, 0.05) is 59.5 Å². The largest absolute Gasteiger partial charge is 0.491 e. The van der Waals surface area contributed by atoms with E-state index in [4.69, 9.17) is 14.2 Å². The summed E-state index contributed by atoms with van der Waals surface area (Å²) in [5.41, 5.74) is 3.18. The van der Waals surface area contributed by atoms with Gasteiger partial charge in [-0.2, -0.15) is 5.10 Å². The maximum Gasteiger partial charge on any atom is 0.262 e. The Morgan fingerprint density at radius 1 is 0.838 bits per heavy atom. The number of nitrogens with one attached hydrogen (secondary N) is 4. The quantitative estimate of drug-likeness (QED) is 0.0670. The maximum absolute atomic E-state index is 13.8. The van der Waals surface area contributed by atoms with Gasteiger partial charge in [0.1, 0.15) is 18.4 Å². The molecule has 354 valence electrons. The van der Waals surface area contributed by atoms with Crippen LogP contribution < -0.4 is 20.7 Å². The van der Waals surface area contributed by atoms with Crippen molar-refractivity contribution in [3.8, 4) is 5.75 Å². The molecule has 8 rings (SSSR count). The second-order valence-corrected chi connectivity index (χ2v) is 17.7. The summed E-state index contributed by atoms with van der Waals surface area (Å²) in [7, 11) is 3.99. The third-order valence-electron chi connectivity index (χ3n) is 12.5. The zero-order valence-electron chi connectivity index (χ0n) is 38.4. The number of nitrogens with zero attached hydrogens (tertiary/aromatic N) is 4. The van der Waals surface area contributed by atoms with Gasteiger partial charge in [0.05, 0.1) is 49.8 Å². The summed E-state index contributed by atoms with van der Waals surface area (Å²) in [5, 5.41) is 16.5. The van der Waals surface area contributed by atoms with Crippen molar-refractivity contribution < 1.29 is 47.8 Å². The van der Waals surface area contributed by atoms with Gasteiger partial charge in [-0.1, -0.05) is 42.5 Å². The van der Waals surface area contributed by atoms with Gasteiger partial charge in [-0.15, -0.1) is 0 Å². The Balaban J connectivity index is 0.742. The number of rotatable bonds is 19. The lowest BCUT2D eigenvalue weighted by Crippen LogP contribution is -2.57. The lowest BCUT2D eigenvalue weighted by atomic mass is 9.91. The highest BCUT2D eigenvalue weighted by atomic mass is 16.5. The minimum Gasteiger partial charge on any atom is -0.491 e. The number of ether oxygens (including phenoxy) is 3. The number of carbonyl (C=O) groups is 7. The van der Waals surface area contributed by atoms with Crippen molar-refractivity contribution in [1.82, 2.24) is 35.5 Å². The van der Waals surface area contributed by atoms with E-state index in [1.165, 1.54) is 0 Å². The van der Waals surface area contributed by atoms with Crippen molar-refractivity contribution in [3.63, 3.8) is 0 Å². The topological polar surface area (TPSA) is 222 Å². The van der Waals surface area contributed by atoms with Gasteiger partial charge in [0.15, 0.2) is 5.82 Å². The van der Waals surface area contributed by atoms with E-state index < -0.39 is 41.1 Å². The molecule has 0 spiro atoms. The summed E-state index contributed by atoms with van der Waals surface area (Å²) in [4.78, 5) is 96.2. The first kappa shape index (κ1) is 47.2. The summed E-state index contributed by atoms with van der Waals surface area (Å²) in [5.74, 6) is -2.32. The van der Waals surface area contributed by atoms with E-state index in [0.717, 1.165) is 28.3 Å². The lowest BCUT2D eigenvalue weighted by molar-refractivity contribution is -0.138. The van der Waals surface area contributed by atoms with E-state index in [2.05, 4.69) is 43.2 Å². The van der Waals surface area contributed by atoms with Crippen LogP contribution in [-0.4, -0.2) is 133 Å². The van der Waals surface area contributed by atoms with Crippen LogP contribution in [0.5, 0.6) is 5.75 Å².